The predicted octanol–water partition coefficient (Wildman–Crippen LogP) is 7.62. The third-order valence-corrected chi connectivity index (χ3v) is 9.54. The molecule has 0 radical (unpaired) electrons. The summed E-state index contributed by atoms with van der Waals surface area (Å²) >= 11 is 12.9. The number of carbonyl (C=O) groups is 2. The molecule has 0 saturated carbocycles. The second-order valence-electron chi connectivity index (χ2n) is 11.9. The molecule has 1 unspecified atom stereocenters. The largest absolute Gasteiger partial charge is 0.457 e. The fraction of sp³-hybridized carbons (Fsp3) is 0.257. The van der Waals surface area contributed by atoms with Gasteiger partial charge >= 0.3 is 0 Å². The summed E-state index contributed by atoms with van der Waals surface area (Å²) in [4.78, 5) is 28.9. The quantitative estimate of drug-likeness (QED) is 0.176. The van der Waals surface area contributed by atoms with E-state index in [1.807, 2.05) is 45.9 Å². The van der Waals surface area contributed by atoms with E-state index in [1.165, 1.54) is 17.0 Å². The van der Waals surface area contributed by atoms with Crippen LogP contribution in [0.25, 0.3) is 0 Å². The number of benzene rings is 4. The standard InChI is InChI=1S/C35H37Cl2N3O5S/c1-24-14-20-29(21-15-24)46(43,44)40(26-16-18-28(19-17-26)45-27-10-7-6-8-11-27)23-33(41)39(25(2)34(42)38-35(3,4)5)22-30-31(36)12-9-13-32(30)37/h6-21,25H,22-23H2,1-5H3,(H,38,42). The summed E-state index contributed by atoms with van der Waals surface area (Å²) in [6.45, 7) is 8.19. The summed E-state index contributed by atoms with van der Waals surface area (Å²) in [5, 5.41) is 3.52. The van der Waals surface area contributed by atoms with Crippen LogP contribution in [0.1, 0.15) is 38.8 Å². The molecule has 0 saturated heterocycles. The van der Waals surface area contributed by atoms with Crippen LogP contribution in [0.5, 0.6) is 11.5 Å². The second kappa shape index (κ2) is 14.6. The first-order chi connectivity index (χ1) is 21.7. The van der Waals surface area contributed by atoms with Crippen LogP contribution < -0.4 is 14.4 Å². The Morgan fingerprint density at radius 1 is 0.826 bits per heavy atom. The van der Waals surface area contributed by atoms with Crippen LogP contribution in [0.3, 0.4) is 0 Å². The number of aryl methyl sites for hydroxylation is 1. The number of carbonyl (C=O) groups excluding carboxylic acids is 2. The molecule has 4 aromatic carbocycles. The number of nitrogens with zero attached hydrogens (tertiary/aromatic N) is 2. The van der Waals surface area contributed by atoms with E-state index in [-0.39, 0.29) is 17.1 Å². The van der Waals surface area contributed by atoms with Crippen LogP contribution in [0.2, 0.25) is 10.0 Å². The minimum atomic E-state index is -4.24. The van der Waals surface area contributed by atoms with E-state index in [2.05, 4.69) is 5.32 Å². The van der Waals surface area contributed by atoms with E-state index in [1.54, 1.807) is 73.7 Å². The van der Waals surface area contributed by atoms with Gasteiger partial charge in [-0.15, -0.1) is 0 Å². The zero-order chi connectivity index (χ0) is 33.6. The molecule has 0 aliphatic heterocycles. The number of para-hydroxylation sites is 1. The van der Waals surface area contributed by atoms with Crippen molar-refractivity contribution in [1.82, 2.24) is 10.2 Å². The van der Waals surface area contributed by atoms with Crippen molar-refractivity contribution in [2.75, 3.05) is 10.8 Å². The zero-order valence-corrected chi connectivity index (χ0v) is 28.7. The molecule has 0 aliphatic carbocycles. The highest BCUT2D eigenvalue weighted by atomic mass is 35.5. The van der Waals surface area contributed by atoms with Gasteiger partial charge in [-0.05, 0) is 95.3 Å². The monoisotopic (exact) mass is 681 g/mol. The van der Waals surface area contributed by atoms with E-state index in [0.29, 0.717) is 27.1 Å². The average molecular weight is 683 g/mol. The van der Waals surface area contributed by atoms with Crippen LogP contribution in [0, 0.1) is 6.92 Å². The van der Waals surface area contributed by atoms with E-state index < -0.39 is 40.0 Å². The molecule has 0 heterocycles. The lowest BCUT2D eigenvalue weighted by molar-refractivity contribution is -0.140. The van der Waals surface area contributed by atoms with Crippen LogP contribution in [-0.2, 0) is 26.2 Å². The molecule has 0 aliphatic rings. The van der Waals surface area contributed by atoms with E-state index in [0.717, 1.165) is 9.87 Å². The van der Waals surface area contributed by atoms with E-state index >= 15 is 0 Å². The van der Waals surface area contributed by atoms with Crippen molar-refractivity contribution in [2.45, 2.75) is 57.6 Å². The first-order valence-electron chi connectivity index (χ1n) is 14.6. The Labute approximate surface area is 280 Å². The van der Waals surface area contributed by atoms with Gasteiger partial charge in [-0.3, -0.25) is 13.9 Å². The van der Waals surface area contributed by atoms with Gasteiger partial charge in [0.05, 0.1) is 10.6 Å². The molecule has 46 heavy (non-hydrogen) atoms. The van der Waals surface area contributed by atoms with Crippen molar-refractivity contribution in [1.29, 1.82) is 0 Å². The summed E-state index contributed by atoms with van der Waals surface area (Å²) in [6.07, 6.45) is 0. The molecule has 0 spiro atoms. The molecule has 8 nitrogen and oxygen atoms in total. The number of nitrogens with one attached hydrogen (secondary N) is 1. The lowest BCUT2D eigenvalue weighted by Gasteiger charge is -2.34. The molecule has 0 bridgehead atoms. The summed E-state index contributed by atoms with van der Waals surface area (Å²) < 4.78 is 35.2. The molecule has 4 aromatic rings. The van der Waals surface area contributed by atoms with E-state index in [4.69, 9.17) is 27.9 Å². The van der Waals surface area contributed by atoms with Gasteiger partial charge in [0.2, 0.25) is 11.8 Å². The average Bonchev–Trinajstić information content (AvgIpc) is 2.99. The summed E-state index contributed by atoms with van der Waals surface area (Å²) in [5.41, 5.74) is 0.971. The first kappa shape index (κ1) is 34.8. The lowest BCUT2D eigenvalue weighted by Crippen LogP contribution is -2.54. The number of anilines is 1. The molecule has 11 heteroatoms. The minimum absolute atomic E-state index is 0.00901. The lowest BCUT2D eigenvalue weighted by atomic mass is 10.1. The molecule has 4 rings (SSSR count). The normalized spacial score (nSPS) is 12.2. The maximum Gasteiger partial charge on any atom is 0.264 e. The van der Waals surface area contributed by atoms with Gasteiger partial charge in [0, 0.05) is 27.7 Å². The number of sulfonamides is 1. The number of amides is 2. The highest BCUT2D eigenvalue weighted by Crippen LogP contribution is 2.30. The fourth-order valence-electron chi connectivity index (χ4n) is 4.58. The Bertz CT molecular complexity index is 1760. The number of hydrogen-bond donors (Lipinski definition) is 1. The smallest absolute Gasteiger partial charge is 0.264 e. The van der Waals surface area contributed by atoms with E-state index in [9.17, 15) is 18.0 Å². The van der Waals surface area contributed by atoms with Crippen LogP contribution in [0.4, 0.5) is 5.69 Å². The summed E-state index contributed by atoms with van der Waals surface area (Å²) in [5.74, 6) is 0.0506. The van der Waals surface area contributed by atoms with Gasteiger partial charge in [0.15, 0.2) is 0 Å². The topological polar surface area (TPSA) is 96.0 Å². The van der Waals surface area contributed by atoms with Gasteiger partial charge in [-0.2, -0.15) is 0 Å². The number of ether oxygens (including phenoxy) is 1. The van der Waals surface area contributed by atoms with Crippen LogP contribution >= 0.6 is 23.2 Å². The Balaban J connectivity index is 1.74. The molecular weight excluding hydrogens is 645 g/mol. The maximum atomic E-state index is 14.2. The Hall–Kier alpha value is -4.05. The highest BCUT2D eigenvalue weighted by molar-refractivity contribution is 7.92. The third-order valence-electron chi connectivity index (χ3n) is 7.05. The molecular formula is C35H37Cl2N3O5S. The molecule has 1 atom stereocenters. The highest BCUT2D eigenvalue weighted by Gasteiger charge is 2.34. The first-order valence-corrected chi connectivity index (χ1v) is 16.8. The number of hydrogen-bond acceptors (Lipinski definition) is 5. The van der Waals surface area contributed by atoms with Crippen molar-refractivity contribution in [2.24, 2.45) is 0 Å². The number of rotatable bonds is 11. The van der Waals surface area contributed by atoms with Gasteiger partial charge < -0.3 is 15.0 Å². The molecule has 242 valence electrons. The van der Waals surface area contributed by atoms with Crippen molar-refractivity contribution < 1.29 is 22.7 Å². The summed E-state index contributed by atoms with van der Waals surface area (Å²) in [7, 11) is -4.24. The molecule has 0 aromatic heterocycles. The number of halogens is 2. The van der Waals surface area contributed by atoms with Crippen molar-refractivity contribution in [3.63, 3.8) is 0 Å². The SMILES string of the molecule is Cc1ccc(S(=O)(=O)N(CC(=O)N(Cc2c(Cl)cccc2Cl)C(C)C(=O)NC(C)(C)C)c2ccc(Oc3ccccc3)cc2)cc1. The van der Waals surface area contributed by atoms with Gasteiger partial charge in [0.25, 0.3) is 10.0 Å². The Morgan fingerprint density at radius 2 is 1.39 bits per heavy atom. The van der Waals surface area contributed by atoms with Gasteiger partial charge in [-0.1, -0.05) is 65.2 Å². The molecule has 0 fully saturated rings. The Morgan fingerprint density at radius 3 is 1.96 bits per heavy atom. The Kier molecular flexibility index (Phi) is 11.0. The van der Waals surface area contributed by atoms with Crippen molar-refractivity contribution in [3.05, 3.63) is 118 Å². The van der Waals surface area contributed by atoms with Crippen LogP contribution in [-0.4, -0.2) is 43.3 Å². The summed E-state index contributed by atoms with van der Waals surface area (Å²) in [6, 6.07) is 25.9. The molecule has 1 N–H and O–H groups in total. The van der Waals surface area contributed by atoms with Gasteiger partial charge in [-0.25, -0.2) is 8.42 Å². The molecule has 2 amide bonds. The minimum Gasteiger partial charge on any atom is -0.457 e. The second-order valence-corrected chi connectivity index (χ2v) is 14.5. The van der Waals surface area contributed by atoms with Gasteiger partial charge in [0.1, 0.15) is 24.1 Å². The fourth-order valence-corrected chi connectivity index (χ4v) is 6.51. The van der Waals surface area contributed by atoms with Crippen molar-refractivity contribution >= 4 is 50.7 Å². The van der Waals surface area contributed by atoms with Crippen LogP contribution in [0.15, 0.2) is 102 Å². The van der Waals surface area contributed by atoms with Crippen molar-refractivity contribution in [3.8, 4) is 11.5 Å². The maximum absolute atomic E-state index is 14.2. The predicted molar refractivity (Wildman–Crippen MR) is 183 cm³/mol. The third kappa shape index (κ3) is 8.81. The zero-order valence-electron chi connectivity index (χ0n) is 26.3.